The van der Waals surface area contributed by atoms with Crippen LogP contribution in [-0.4, -0.2) is 5.84 Å². The average Bonchev–Trinajstić information content (AvgIpc) is 2.82. The lowest BCUT2D eigenvalue weighted by Crippen LogP contribution is -2.21. The Bertz CT molecular complexity index is 627. The van der Waals surface area contributed by atoms with Crippen LogP contribution in [0.2, 0.25) is 0 Å². The van der Waals surface area contributed by atoms with Crippen molar-refractivity contribution in [2.24, 2.45) is 5.73 Å². The first-order chi connectivity index (χ1) is 9.15. The highest BCUT2D eigenvalue weighted by atomic mass is 79.9. The van der Waals surface area contributed by atoms with Crippen LogP contribution in [0, 0.1) is 5.41 Å². The summed E-state index contributed by atoms with van der Waals surface area (Å²) in [4.78, 5) is 2.26. The molecule has 0 spiro atoms. The van der Waals surface area contributed by atoms with E-state index in [1.807, 2.05) is 18.2 Å². The minimum atomic E-state index is 0.104. The zero-order valence-corrected chi connectivity index (χ0v) is 11.9. The molecule has 2 aromatic carbocycles. The lowest BCUT2D eigenvalue weighted by atomic mass is 10.1. The molecule has 0 radical (unpaired) electrons. The average molecular weight is 316 g/mol. The number of benzene rings is 2. The van der Waals surface area contributed by atoms with Crippen molar-refractivity contribution in [1.82, 2.24) is 0 Å². The molecule has 96 valence electrons. The third-order valence-electron chi connectivity index (χ3n) is 3.43. The number of nitrogens with one attached hydrogen (secondary N) is 1. The lowest BCUT2D eigenvalue weighted by molar-refractivity contribution is 0.878. The van der Waals surface area contributed by atoms with Crippen LogP contribution in [-0.2, 0) is 13.1 Å². The zero-order chi connectivity index (χ0) is 13.4. The number of amidine groups is 1. The SMILES string of the molecule is N=C(N)c1cc(Br)ccc1N1Cc2ccccc2C1. The monoisotopic (exact) mass is 315 g/mol. The smallest absolute Gasteiger partial charge is 0.124 e. The Labute approximate surface area is 120 Å². The highest BCUT2D eigenvalue weighted by Gasteiger charge is 2.21. The summed E-state index contributed by atoms with van der Waals surface area (Å²) < 4.78 is 0.943. The second-order valence-electron chi connectivity index (χ2n) is 4.70. The summed E-state index contributed by atoms with van der Waals surface area (Å²) in [6, 6.07) is 14.4. The number of anilines is 1. The predicted molar refractivity (Wildman–Crippen MR) is 81.5 cm³/mol. The summed E-state index contributed by atoms with van der Waals surface area (Å²) in [5, 5.41) is 7.73. The Morgan fingerprint density at radius 2 is 1.74 bits per heavy atom. The lowest BCUT2D eigenvalue weighted by Gasteiger charge is -2.21. The molecule has 4 heteroatoms. The van der Waals surface area contributed by atoms with E-state index < -0.39 is 0 Å². The van der Waals surface area contributed by atoms with E-state index in [-0.39, 0.29) is 5.84 Å². The maximum absolute atomic E-state index is 7.73. The fraction of sp³-hybridized carbons (Fsp3) is 0.133. The minimum Gasteiger partial charge on any atom is -0.384 e. The van der Waals surface area contributed by atoms with Gasteiger partial charge in [0.25, 0.3) is 0 Å². The van der Waals surface area contributed by atoms with Gasteiger partial charge < -0.3 is 10.6 Å². The molecule has 0 fully saturated rings. The van der Waals surface area contributed by atoms with Crippen LogP contribution in [0.25, 0.3) is 0 Å². The Hall–Kier alpha value is -1.81. The van der Waals surface area contributed by atoms with Crippen molar-refractivity contribution in [3.05, 3.63) is 63.6 Å². The van der Waals surface area contributed by atoms with E-state index in [1.54, 1.807) is 0 Å². The molecular formula is C15H14BrN3. The summed E-state index contributed by atoms with van der Waals surface area (Å²) in [7, 11) is 0. The van der Waals surface area contributed by atoms with Crippen molar-refractivity contribution in [1.29, 1.82) is 5.41 Å². The molecule has 1 heterocycles. The molecule has 0 saturated carbocycles. The van der Waals surface area contributed by atoms with Gasteiger partial charge >= 0.3 is 0 Å². The fourth-order valence-corrected chi connectivity index (χ4v) is 2.86. The molecule has 19 heavy (non-hydrogen) atoms. The molecule has 0 aliphatic carbocycles. The van der Waals surface area contributed by atoms with Gasteiger partial charge in [0.05, 0.1) is 0 Å². The van der Waals surface area contributed by atoms with Crippen molar-refractivity contribution in [2.45, 2.75) is 13.1 Å². The molecule has 3 nitrogen and oxygen atoms in total. The summed E-state index contributed by atoms with van der Waals surface area (Å²) in [6.07, 6.45) is 0. The molecule has 2 aromatic rings. The summed E-state index contributed by atoms with van der Waals surface area (Å²) >= 11 is 3.43. The third-order valence-corrected chi connectivity index (χ3v) is 3.92. The number of hydrogen-bond donors (Lipinski definition) is 2. The molecule has 3 rings (SSSR count). The van der Waals surface area contributed by atoms with Crippen molar-refractivity contribution in [2.75, 3.05) is 4.90 Å². The van der Waals surface area contributed by atoms with Gasteiger partial charge in [0, 0.05) is 28.8 Å². The van der Waals surface area contributed by atoms with Crippen LogP contribution in [0.4, 0.5) is 5.69 Å². The largest absolute Gasteiger partial charge is 0.384 e. The fourth-order valence-electron chi connectivity index (χ4n) is 2.50. The highest BCUT2D eigenvalue weighted by molar-refractivity contribution is 9.10. The number of nitrogens with two attached hydrogens (primary N) is 1. The van der Waals surface area contributed by atoms with E-state index >= 15 is 0 Å². The first-order valence-corrected chi connectivity index (χ1v) is 6.90. The van der Waals surface area contributed by atoms with Crippen LogP contribution in [0.3, 0.4) is 0 Å². The summed E-state index contributed by atoms with van der Waals surface area (Å²) in [5.41, 5.74) is 10.2. The van der Waals surface area contributed by atoms with Crippen LogP contribution in [0.1, 0.15) is 16.7 Å². The van der Waals surface area contributed by atoms with Gasteiger partial charge in [0.1, 0.15) is 5.84 Å². The predicted octanol–water partition coefficient (Wildman–Crippen LogP) is 3.25. The normalized spacial score (nSPS) is 13.4. The molecule has 0 saturated heterocycles. The molecule has 3 N–H and O–H groups in total. The number of nitrogen functional groups attached to an aromatic ring is 1. The van der Waals surface area contributed by atoms with Crippen molar-refractivity contribution >= 4 is 27.5 Å². The number of fused-ring (bicyclic) bond motifs is 1. The Morgan fingerprint density at radius 3 is 2.32 bits per heavy atom. The molecule has 0 atom stereocenters. The van der Waals surface area contributed by atoms with E-state index in [0.29, 0.717) is 0 Å². The first kappa shape index (κ1) is 12.2. The van der Waals surface area contributed by atoms with Crippen molar-refractivity contribution < 1.29 is 0 Å². The standard InChI is InChI=1S/C15H14BrN3/c16-12-5-6-14(13(7-12)15(17)18)19-8-10-3-1-2-4-11(10)9-19/h1-7H,8-9H2,(H3,17,18). The molecule has 0 unspecified atom stereocenters. The number of halogens is 1. The second kappa shape index (κ2) is 4.70. The van der Waals surface area contributed by atoms with E-state index in [1.165, 1.54) is 11.1 Å². The first-order valence-electron chi connectivity index (χ1n) is 6.11. The minimum absolute atomic E-state index is 0.104. The topological polar surface area (TPSA) is 53.1 Å². The Balaban J connectivity index is 1.99. The number of rotatable bonds is 2. The molecule has 0 bridgehead atoms. The van der Waals surface area contributed by atoms with Gasteiger partial charge in [-0.15, -0.1) is 0 Å². The molecule has 0 amide bonds. The molecular weight excluding hydrogens is 302 g/mol. The Morgan fingerprint density at radius 1 is 1.11 bits per heavy atom. The molecule has 1 aliphatic rings. The van der Waals surface area contributed by atoms with Crippen molar-refractivity contribution in [3.8, 4) is 0 Å². The van der Waals surface area contributed by atoms with Gasteiger partial charge in [0.15, 0.2) is 0 Å². The van der Waals surface area contributed by atoms with Gasteiger partial charge in [-0.2, -0.15) is 0 Å². The summed E-state index contributed by atoms with van der Waals surface area (Å²) in [5.74, 6) is 0.104. The van der Waals surface area contributed by atoms with Gasteiger partial charge in [-0.05, 0) is 29.3 Å². The maximum Gasteiger partial charge on any atom is 0.124 e. The Kier molecular flexibility index (Phi) is 3.03. The van der Waals surface area contributed by atoms with E-state index in [2.05, 4.69) is 45.1 Å². The molecule has 0 aromatic heterocycles. The quantitative estimate of drug-likeness (QED) is 0.660. The summed E-state index contributed by atoms with van der Waals surface area (Å²) in [6.45, 7) is 1.75. The van der Waals surface area contributed by atoms with Crippen molar-refractivity contribution in [3.63, 3.8) is 0 Å². The highest BCUT2D eigenvalue weighted by Crippen LogP contribution is 2.31. The van der Waals surface area contributed by atoms with E-state index in [9.17, 15) is 0 Å². The van der Waals surface area contributed by atoms with Gasteiger partial charge in [-0.3, -0.25) is 5.41 Å². The third kappa shape index (κ3) is 2.24. The van der Waals surface area contributed by atoms with Crippen LogP contribution in [0.15, 0.2) is 46.9 Å². The van der Waals surface area contributed by atoms with E-state index in [0.717, 1.165) is 28.8 Å². The zero-order valence-electron chi connectivity index (χ0n) is 10.4. The maximum atomic E-state index is 7.73. The second-order valence-corrected chi connectivity index (χ2v) is 5.62. The number of hydrogen-bond acceptors (Lipinski definition) is 2. The van der Waals surface area contributed by atoms with Gasteiger partial charge in [-0.25, -0.2) is 0 Å². The molecule has 1 aliphatic heterocycles. The van der Waals surface area contributed by atoms with Crippen LogP contribution >= 0.6 is 15.9 Å². The van der Waals surface area contributed by atoms with Gasteiger partial charge in [0.2, 0.25) is 0 Å². The van der Waals surface area contributed by atoms with Crippen LogP contribution < -0.4 is 10.6 Å². The van der Waals surface area contributed by atoms with E-state index in [4.69, 9.17) is 11.1 Å². The van der Waals surface area contributed by atoms with Crippen LogP contribution in [0.5, 0.6) is 0 Å². The number of nitrogens with zero attached hydrogens (tertiary/aromatic N) is 1. The van der Waals surface area contributed by atoms with Gasteiger partial charge in [-0.1, -0.05) is 40.2 Å².